The highest BCUT2D eigenvalue weighted by atomic mass is 16.1. The molecule has 1 atom stereocenters. The smallest absolute Gasteiger partial charge is 0.166 e. The Labute approximate surface area is 135 Å². The Balaban J connectivity index is 2.25. The fraction of sp³-hybridized carbons (Fsp3) is 0.476. The number of rotatable bonds is 3. The molecule has 1 nitrogen and oxygen atoms in total. The van der Waals surface area contributed by atoms with Gasteiger partial charge >= 0.3 is 0 Å². The largest absolute Gasteiger partial charge is 0.294 e. The summed E-state index contributed by atoms with van der Waals surface area (Å²) in [5.41, 5.74) is 7.49. The number of carbonyl (C=O) groups is 1. The number of ketones is 1. The first-order valence-electron chi connectivity index (χ1n) is 8.14. The van der Waals surface area contributed by atoms with Gasteiger partial charge in [0, 0.05) is 12.0 Å². The standard InChI is InChI=1S/C21H28O/c1-13-14(2)16(4)19(15(13)3)12-20(22)17-9-8-10-18(11-17)21(5,6)7/h8-11,15H,12H2,1-7H3. The number of hydrogen-bond donors (Lipinski definition) is 0. The van der Waals surface area contributed by atoms with Crippen LogP contribution in [0.2, 0.25) is 0 Å². The minimum absolute atomic E-state index is 0.0703. The van der Waals surface area contributed by atoms with Crippen LogP contribution >= 0.6 is 0 Å². The molecule has 0 aromatic heterocycles. The van der Waals surface area contributed by atoms with Crippen molar-refractivity contribution in [2.24, 2.45) is 5.92 Å². The van der Waals surface area contributed by atoms with Crippen LogP contribution in [-0.4, -0.2) is 5.78 Å². The summed E-state index contributed by atoms with van der Waals surface area (Å²) in [6.45, 7) is 15.2. The molecule has 1 unspecified atom stereocenters. The summed E-state index contributed by atoms with van der Waals surface area (Å²) in [6, 6.07) is 8.11. The normalized spacial score (nSPS) is 19.1. The monoisotopic (exact) mass is 296 g/mol. The van der Waals surface area contributed by atoms with Gasteiger partial charge in [0.15, 0.2) is 5.78 Å². The minimum Gasteiger partial charge on any atom is -0.294 e. The van der Waals surface area contributed by atoms with E-state index < -0.39 is 0 Å². The van der Waals surface area contributed by atoms with Crippen molar-refractivity contribution < 1.29 is 4.79 Å². The summed E-state index contributed by atoms with van der Waals surface area (Å²) in [7, 11) is 0. The molecule has 1 aromatic rings. The van der Waals surface area contributed by atoms with E-state index in [2.05, 4.69) is 60.6 Å². The third kappa shape index (κ3) is 3.09. The van der Waals surface area contributed by atoms with Gasteiger partial charge in [-0.05, 0) is 54.9 Å². The van der Waals surface area contributed by atoms with Crippen LogP contribution in [-0.2, 0) is 5.41 Å². The van der Waals surface area contributed by atoms with Crippen LogP contribution in [0.4, 0.5) is 0 Å². The van der Waals surface area contributed by atoms with Crippen LogP contribution in [0.15, 0.2) is 46.6 Å². The molecule has 0 saturated heterocycles. The molecule has 22 heavy (non-hydrogen) atoms. The highest BCUT2D eigenvalue weighted by Crippen LogP contribution is 2.38. The maximum absolute atomic E-state index is 12.7. The predicted octanol–water partition coefficient (Wildman–Crippen LogP) is 5.86. The van der Waals surface area contributed by atoms with Crippen molar-refractivity contribution in [1.29, 1.82) is 0 Å². The van der Waals surface area contributed by atoms with Crippen molar-refractivity contribution in [3.63, 3.8) is 0 Å². The summed E-state index contributed by atoms with van der Waals surface area (Å²) in [4.78, 5) is 12.7. The molecular weight excluding hydrogens is 268 g/mol. The second-order valence-electron chi connectivity index (χ2n) is 7.61. The molecule has 0 fully saturated rings. The summed E-state index contributed by atoms with van der Waals surface area (Å²) < 4.78 is 0. The third-order valence-corrected chi connectivity index (χ3v) is 5.21. The average Bonchev–Trinajstić information content (AvgIpc) is 2.64. The number of hydrogen-bond acceptors (Lipinski definition) is 1. The Kier molecular flexibility index (Phi) is 4.47. The lowest BCUT2D eigenvalue weighted by Gasteiger charge is -2.20. The highest BCUT2D eigenvalue weighted by molar-refractivity contribution is 5.98. The third-order valence-electron chi connectivity index (χ3n) is 5.21. The van der Waals surface area contributed by atoms with Gasteiger partial charge in [-0.25, -0.2) is 0 Å². The summed E-state index contributed by atoms with van der Waals surface area (Å²) in [5, 5.41) is 0. The van der Waals surface area contributed by atoms with E-state index in [-0.39, 0.29) is 11.2 Å². The lowest BCUT2D eigenvalue weighted by molar-refractivity contribution is 0.0990. The highest BCUT2D eigenvalue weighted by Gasteiger charge is 2.25. The van der Waals surface area contributed by atoms with Gasteiger partial charge in [-0.3, -0.25) is 4.79 Å². The molecule has 0 radical (unpaired) electrons. The van der Waals surface area contributed by atoms with Crippen molar-refractivity contribution in [2.45, 2.75) is 60.3 Å². The molecule has 0 N–H and O–H groups in total. The summed E-state index contributed by atoms with van der Waals surface area (Å²) >= 11 is 0. The van der Waals surface area contributed by atoms with Gasteiger partial charge in [-0.1, -0.05) is 57.0 Å². The topological polar surface area (TPSA) is 17.1 Å². The maximum atomic E-state index is 12.7. The number of allylic oxidation sites excluding steroid dienone is 4. The molecule has 0 amide bonds. The van der Waals surface area contributed by atoms with Crippen molar-refractivity contribution in [3.8, 4) is 0 Å². The van der Waals surface area contributed by atoms with E-state index in [9.17, 15) is 4.79 Å². The van der Waals surface area contributed by atoms with Gasteiger partial charge in [-0.15, -0.1) is 0 Å². The van der Waals surface area contributed by atoms with Gasteiger partial charge in [0.25, 0.3) is 0 Å². The molecule has 118 valence electrons. The van der Waals surface area contributed by atoms with Gasteiger partial charge in [-0.2, -0.15) is 0 Å². The van der Waals surface area contributed by atoms with E-state index in [4.69, 9.17) is 0 Å². The first-order chi connectivity index (χ1) is 10.1. The molecule has 1 heteroatoms. The fourth-order valence-corrected chi connectivity index (χ4v) is 3.17. The van der Waals surface area contributed by atoms with Gasteiger partial charge in [0.2, 0.25) is 0 Å². The lowest BCUT2D eigenvalue weighted by atomic mass is 9.85. The number of benzene rings is 1. The summed E-state index contributed by atoms with van der Waals surface area (Å²) in [6.07, 6.45) is 0.537. The van der Waals surface area contributed by atoms with Crippen LogP contribution in [0.5, 0.6) is 0 Å². The SMILES string of the molecule is CC1=C(C)C(C)C(CC(=O)c2cccc(C(C)(C)C)c2)=C1C. The zero-order valence-electron chi connectivity index (χ0n) is 15.0. The second-order valence-corrected chi connectivity index (χ2v) is 7.61. The van der Waals surface area contributed by atoms with Crippen LogP contribution < -0.4 is 0 Å². The van der Waals surface area contributed by atoms with E-state index in [1.807, 2.05) is 12.1 Å². The number of Topliss-reactive ketones (excluding diaryl/α,β-unsaturated/α-hetero) is 1. The van der Waals surface area contributed by atoms with Crippen LogP contribution in [0.25, 0.3) is 0 Å². The van der Waals surface area contributed by atoms with Gasteiger partial charge in [0.05, 0.1) is 0 Å². The molecule has 1 aliphatic rings. The van der Waals surface area contributed by atoms with E-state index in [0.717, 1.165) is 5.56 Å². The molecule has 0 aliphatic heterocycles. The van der Waals surface area contributed by atoms with E-state index >= 15 is 0 Å². The Morgan fingerprint density at radius 2 is 1.73 bits per heavy atom. The predicted molar refractivity (Wildman–Crippen MR) is 94.3 cm³/mol. The average molecular weight is 296 g/mol. The first-order valence-corrected chi connectivity index (χ1v) is 8.14. The molecular formula is C21H28O. The lowest BCUT2D eigenvalue weighted by Crippen LogP contribution is -2.13. The Morgan fingerprint density at radius 1 is 1.09 bits per heavy atom. The maximum Gasteiger partial charge on any atom is 0.166 e. The fourth-order valence-electron chi connectivity index (χ4n) is 3.17. The van der Waals surface area contributed by atoms with Crippen molar-refractivity contribution in [3.05, 3.63) is 57.7 Å². The Hall–Kier alpha value is -1.63. The molecule has 0 spiro atoms. The minimum atomic E-state index is 0.0703. The number of carbonyl (C=O) groups excluding carboxylic acids is 1. The quantitative estimate of drug-likeness (QED) is 0.638. The molecule has 1 aliphatic carbocycles. The molecule has 2 rings (SSSR count). The molecule has 0 bridgehead atoms. The van der Waals surface area contributed by atoms with E-state index in [0.29, 0.717) is 12.3 Å². The van der Waals surface area contributed by atoms with Crippen molar-refractivity contribution in [1.82, 2.24) is 0 Å². The van der Waals surface area contributed by atoms with E-state index in [1.54, 1.807) is 0 Å². The van der Waals surface area contributed by atoms with Gasteiger partial charge in [0.1, 0.15) is 0 Å². The van der Waals surface area contributed by atoms with Crippen LogP contribution in [0.1, 0.15) is 70.8 Å². The Bertz CT molecular complexity index is 665. The molecule has 0 saturated carbocycles. The van der Waals surface area contributed by atoms with Crippen LogP contribution in [0.3, 0.4) is 0 Å². The van der Waals surface area contributed by atoms with E-state index in [1.165, 1.54) is 27.9 Å². The van der Waals surface area contributed by atoms with Crippen molar-refractivity contribution in [2.75, 3.05) is 0 Å². The first kappa shape index (κ1) is 16.7. The van der Waals surface area contributed by atoms with Crippen LogP contribution in [0, 0.1) is 5.92 Å². The zero-order valence-corrected chi connectivity index (χ0v) is 15.0. The Morgan fingerprint density at radius 3 is 2.23 bits per heavy atom. The molecule has 0 heterocycles. The van der Waals surface area contributed by atoms with Gasteiger partial charge < -0.3 is 0 Å². The molecule has 1 aromatic carbocycles. The van der Waals surface area contributed by atoms with Crippen molar-refractivity contribution >= 4 is 5.78 Å². The summed E-state index contributed by atoms with van der Waals surface area (Å²) in [5.74, 6) is 0.629. The second kappa shape index (κ2) is 5.87. The zero-order chi connectivity index (χ0) is 16.7.